The third kappa shape index (κ3) is 55.0. The number of unbranched alkanes of at least 4 members (excludes halogenated alkanes) is 22. The van der Waals surface area contributed by atoms with Crippen molar-refractivity contribution in [2.75, 3.05) is 13.2 Å². The summed E-state index contributed by atoms with van der Waals surface area (Å²) >= 11 is 0. The monoisotopic (exact) mass is 971 g/mol. The van der Waals surface area contributed by atoms with E-state index in [0.717, 1.165) is 103 Å². The molecule has 0 saturated heterocycles. The molecular weight excluding hydrogens is 865 g/mol. The van der Waals surface area contributed by atoms with Crippen molar-refractivity contribution in [2.45, 2.75) is 264 Å². The Labute approximate surface area is 431 Å². The van der Waals surface area contributed by atoms with Gasteiger partial charge in [0.15, 0.2) is 6.10 Å². The van der Waals surface area contributed by atoms with Crippen LogP contribution < -0.4 is 0 Å². The van der Waals surface area contributed by atoms with Crippen LogP contribution in [-0.2, 0) is 28.6 Å². The first kappa shape index (κ1) is 66.1. The van der Waals surface area contributed by atoms with Gasteiger partial charge in [-0.3, -0.25) is 14.4 Å². The number of hydrogen-bond donors (Lipinski definition) is 0. The normalized spacial score (nSPS) is 12.9. The van der Waals surface area contributed by atoms with Crippen molar-refractivity contribution in [3.8, 4) is 0 Å². The molecule has 70 heavy (non-hydrogen) atoms. The molecule has 0 aliphatic heterocycles. The van der Waals surface area contributed by atoms with Crippen LogP contribution in [0.25, 0.3) is 0 Å². The summed E-state index contributed by atoms with van der Waals surface area (Å²) in [7, 11) is 0. The van der Waals surface area contributed by atoms with E-state index in [-0.39, 0.29) is 37.5 Å². The van der Waals surface area contributed by atoms with Gasteiger partial charge in [0.25, 0.3) is 0 Å². The number of rotatable bonds is 51. The second kappa shape index (κ2) is 57.6. The molecule has 398 valence electrons. The lowest BCUT2D eigenvalue weighted by Gasteiger charge is -2.18. The minimum atomic E-state index is -0.815. The average Bonchev–Trinajstić information content (AvgIpc) is 3.36. The molecule has 0 heterocycles. The van der Waals surface area contributed by atoms with Gasteiger partial charge in [0, 0.05) is 19.3 Å². The van der Waals surface area contributed by atoms with E-state index in [4.69, 9.17) is 14.2 Å². The predicted octanol–water partition coefficient (Wildman–Crippen LogP) is 19.5. The summed E-state index contributed by atoms with van der Waals surface area (Å²) in [5, 5.41) is 0. The van der Waals surface area contributed by atoms with Crippen molar-refractivity contribution in [1.82, 2.24) is 0 Å². The topological polar surface area (TPSA) is 78.9 Å². The molecule has 0 bridgehead atoms. The van der Waals surface area contributed by atoms with Gasteiger partial charge in [-0.25, -0.2) is 0 Å². The van der Waals surface area contributed by atoms with E-state index < -0.39 is 6.10 Å². The third-order valence-corrected chi connectivity index (χ3v) is 12.0. The van der Waals surface area contributed by atoms with Crippen LogP contribution in [0.15, 0.2) is 109 Å². The van der Waals surface area contributed by atoms with Gasteiger partial charge in [0.1, 0.15) is 13.2 Å². The molecule has 0 aromatic rings. The Hall–Kier alpha value is -3.93. The Morgan fingerprint density at radius 2 is 0.586 bits per heavy atom. The maximum atomic E-state index is 12.9. The predicted molar refractivity (Wildman–Crippen MR) is 302 cm³/mol. The van der Waals surface area contributed by atoms with Gasteiger partial charge >= 0.3 is 17.9 Å². The van der Waals surface area contributed by atoms with E-state index >= 15 is 0 Å². The molecule has 0 N–H and O–H groups in total. The second-order valence-electron chi connectivity index (χ2n) is 18.8. The van der Waals surface area contributed by atoms with Crippen LogP contribution in [0.3, 0.4) is 0 Å². The Kier molecular flexibility index (Phi) is 54.4. The fourth-order valence-electron chi connectivity index (χ4n) is 7.78. The smallest absolute Gasteiger partial charge is 0.306 e. The van der Waals surface area contributed by atoms with Gasteiger partial charge in [-0.05, 0) is 89.9 Å². The summed E-state index contributed by atoms with van der Waals surface area (Å²) in [6.07, 6.45) is 78.0. The van der Waals surface area contributed by atoms with Crippen LogP contribution in [-0.4, -0.2) is 37.2 Å². The van der Waals surface area contributed by atoms with Gasteiger partial charge in [-0.2, -0.15) is 0 Å². The van der Waals surface area contributed by atoms with Gasteiger partial charge < -0.3 is 14.2 Å². The number of carbonyl (C=O) groups excluding carboxylic acids is 3. The standard InChI is InChI=1S/C64H106O6/c1-4-7-10-13-16-19-22-25-28-31-32-34-36-39-42-45-48-51-54-57-63(66)69-60-61(59-68-62(65)56-53-50-47-44-41-38-35-30-27-24-21-18-15-12-9-6-3)70-64(67)58-55-52-49-46-43-40-37-33-29-26-23-20-17-14-11-8-5-2/h7-8,10-11,16-17,19-20,25-26,28-29,32,34,39,42,48,51,61H,4-6,9,12-15,18,21-24,27,30-31,33,35-38,40-41,43-47,49-50,52-60H2,1-3H3/b10-7-,11-8-,19-16-,20-17-,28-25-,29-26-,34-32-,42-39-,51-48-. The summed E-state index contributed by atoms with van der Waals surface area (Å²) in [5.74, 6) is -0.999. The molecule has 0 radical (unpaired) electrons. The van der Waals surface area contributed by atoms with E-state index in [1.54, 1.807) is 0 Å². The molecule has 6 heteroatoms. The molecule has 0 rings (SSSR count). The Morgan fingerprint density at radius 3 is 0.957 bits per heavy atom. The summed E-state index contributed by atoms with van der Waals surface area (Å²) in [6.45, 7) is 6.35. The molecule has 0 saturated carbocycles. The number of hydrogen-bond acceptors (Lipinski definition) is 6. The highest BCUT2D eigenvalue weighted by atomic mass is 16.6. The third-order valence-electron chi connectivity index (χ3n) is 12.0. The zero-order valence-electron chi connectivity index (χ0n) is 45.5. The van der Waals surface area contributed by atoms with Crippen molar-refractivity contribution in [1.29, 1.82) is 0 Å². The van der Waals surface area contributed by atoms with E-state index in [0.29, 0.717) is 19.3 Å². The van der Waals surface area contributed by atoms with E-state index in [2.05, 4.69) is 124 Å². The molecule has 0 aromatic carbocycles. The Balaban J connectivity index is 4.51. The molecule has 0 fully saturated rings. The number of carbonyl (C=O) groups is 3. The van der Waals surface area contributed by atoms with Gasteiger partial charge in [0.2, 0.25) is 0 Å². The van der Waals surface area contributed by atoms with Crippen LogP contribution in [0.4, 0.5) is 0 Å². The molecule has 0 aliphatic carbocycles. The quantitative estimate of drug-likeness (QED) is 0.0262. The molecule has 0 spiro atoms. The minimum absolute atomic E-state index is 0.105. The summed E-state index contributed by atoms with van der Waals surface area (Å²) in [5.41, 5.74) is 0. The number of allylic oxidation sites excluding steroid dienone is 18. The largest absolute Gasteiger partial charge is 0.462 e. The lowest BCUT2D eigenvalue weighted by Crippen LogP contribution is -2.30. The average molecular weight is 972 g/mol. The van der Waals surface area contributed by atoms with Gasteiger partial charge in [0.05, 0.1) is 0 Å². The fourth-order valence-corrected chi connectivity index (χ4v) is 7.78. The highest BCUT2D eigenvalue weighted by Crippen LogP contribution is 2.15. The Morgan fingerprint density at radius 1 is 0.300 bits per heavy atom. The zero-order chi connectivity index (χ0) is 50.7. The zero-order valence-corrected chi connectivity index (χ0v) is 45.5. The van der Waals surface area contributed by atoms with E-state index in [1.807, 2.05) is 6.08 Å². The summed E-state index contributed by atoms with van der Waals surface area (Å²) < 4.78 is 16.8. The number of ether oxygens (including phenoxy) is 3. The van der Waals surface area contributed by atoms with Crippen LogP contribution >= 0.6 is 0 Å². The molecule has 0 aliphatic rings. The van der Waals surface area contributed by atoms with Crippen molar-refractivity contribution in [3.63, 3.8) is 0 Å². The second-order valence-corrected chi connectivity index (χ2v) is 18.8. The fraction of sp³-hybridized carbons (Fsp3) is 0.672. The van der Waals surface area contributed by atoms with Crippen molar-refractivity contribution < 1.29 is 28.6 Å². The van der Waals surface area contributed by atoms with Crippen molar-refractivity contribution in [2.24, 2.45) is 0 Å². The first-order valence-electron chi connectivity index (χ1n) is 28.9. The molecule has 6 nitrogen and oxygen atoms in total. The molecular formula is C64H106O6. The molecule has 1 unspecified atom stereocenters. The minimum Gasteiger partial charge on any atom is -0.462 e. The highest BCUT2D eigenvalue weighted by molar-refractivity contribution is 5.71. The first-order chi connectivity index (χ1) is 34.5. The van der Waals surface area contributed by atoms with E-state index in [9.17, 15) is 14.4 Å². The van der Waals surface area contributed by atoms with Crippen LogP contribution in [0, 0.1) is 0 Å². The van der Waals surface area contributed by atoms with Crippen LogP contribution in [0.2, 0.25) is 0 Å². The first-order valence-corrected chi connectivity index (χ1v) is 28.9. The number of esters is 3. The van der Waals surface area contributed by atoms with Gasteiger partial charge in [-0.15, -0.1) is 0 Å². The van der Waals surface area contributed by atoms with Crippen LogP contribution in [0.5, 0.6) is 0 Å². The maximum absolute atomic E-state index is 12.9. The maximum Gasteiger partial charge on any atom is 0.306 e. The lowest BCUT2D eigenvalue weighted by molar-refractivity contribution is -0.166. The van der Waals surface area contributed by atoms with Crippen molar-refractivity contribution >= 4 is 17.9 Å². The SMILES string of the molecule is CC/C=C\C/C=C\C/C=C\C/C=C\C/C=C\C/C=C\CCC(=O)OCC(COC(=O)CCCCCCCCCCCCCCCCCC)OC(=O)CCCCCCCCC/C=C\C/C=C\C/C=C\CC. The van der Waals surface area contributed by atoms with Crippen LogP contribution in [0.1, 0.15) is 258 Å². The Bertz CT molecular complexity index is 1440. The molecule has 0 aromatic heterocycles. The summed E-state index contributed by atoms with van der Waals surface area (Å²) in [6, 6.07) is 0. The highest BCUT2D eigenvalue weighted by Gasteiger charge is 2.19. The lowest BCUT2D eigenvalue weighted by atomic mass is 10.0. The van der Waals surface area contributed by atoms with Crippen molar-refractivity contribution in [3.05, 3.63) is 109 Å². The van der Waals surface area contributed by atoms with E-state index in [1.165, 1.54) is 109 Å². The molecule has 0 amide bonds. The summed E-state index contributed by atoms with van der Waals surface area (Å²) in [4.78, 5) is 38.2. The molecule has 1 atom stereocenters. The van der Waals surface area contributed by atoms with Gasteiger partial charge in [-0.1, -0.05) is 259 Å².